The first-order chi connectivity index (χ1) is 9.06. The van der Waals surface area contributed by atoms with Crippen molar-refractivity contribution in [1.82, 2.24) is 4.90 Å². The summed E-state index contributed by atoms with van der Waals surface area (Å²) in [5, 5.41) is 0.116. The van der Waals surface area contributed by atoms with Gasteiger partial charge in [-0.3, -0.25) is 9.59 Å². The quantitative estimate of drug-likeness (QED) is 0.577. The third-order valence-corrected chi connectivity index (χ3v) is 8.61. The molecule has 1 unspecified atom stereocenters. The van der Waals surface area contributed by atoms with Crippen molar-refractivity contribution >= 4 is 20.2 Å². The molecule has 1 atom stereocenters. The van der Waals surface area contributed by atoms with Gasteiger partial charge in [0.1, 0.15) is 6.54 Å². The normalized spacial score (nSPS) is 20.4. The van der Waals surface area contributed by atoms with Gasteiger partial charge < -0.3 is 14.1 Å². The van der Waals surface area contributed by atoms with E-state index in [2.05, 4.69) is 33.9 Å². The van der Waals surface area contributed by atoms with E-state index in [1.807, 2.05) is 0 Å². The Labute approximate surface area is 122 Å². The number of hydrogen-bond donors (Lipinski definition) is 0. The Morgan fingerprint density at radius 3 is 2.50 bits per heavy atom. The molecule has 116 valence electrons. The lowest BCUT2D eigenvalue weighted by molar-refractivity contribution is -0.147. The van der Waals surface area contributed by atoms with Crippen LogP contribution in [0.25, 0.3) is 0 Å². The molecule has 0 saturated carbocycles. The number of likely N-dealkylation sites (tertiary alicyclic amines) is 1. The molecular weight excluding hydrogens is 274 g/mol. The second-order valence-electron chi connectivity index (χ2n) is 6.78. The summed E-state index contributed by atoms with van der Waals surface area (Å²) < 4.78 is 11.1. The van der Waals surface area contributed by atoms with Crippen molar-refractivity contribution in [3.05, 3.63) is 0 Å². The highest BCUT2D eigenvalue weighted by atomic mass is 28.4. The molecule has 0 radical (unpaired) electrons. The van der Waals surface area contributed by atoms with Gasteiger partial charge in [0.05, 0.1) is 19.1 Å². The number of nitrogens with zero attached hydrogens (tertiary/aromatic N) is 1. The third-order valence-electron chi connectivity index (χ3n) is 4.07. The smallest absolute Gasteiger partial charge is 0.325 e. The van der Waals surface area contributed by atoms with Gasteiger partial charge in [0.15, 0.2) is 8.32 Å². The molecule has 1 saturated heterocycles. The summed E-state index contributed by atoms with van der Waals surface area (Å²) in [6.45, 7) is 13.5. The van der Waals surface area contributed by atoms with Crippen LogP contribution in [0.15, 0.2) is 0 Å². The molecule has 0 aromatic rings. The molecule has 0 bridgehead atoms. The monoisotopic (exact) mass is 301 g/mol. The number of esters is 1. The van der Waals surface area contributed by atoms with Crippen LogP contribution in [0.4, 0.5) is 0 Å². The molecule has 1 aliphatic heterocycles. The zero-order valence-electron chi connectivity index (χ0n) is 13.5. The predicted octanol–water partition coefficient (Wildman–Crippen LogP) is 2.17. The van der Waals surface area contributed by atoms with Gasteiger partial charge in [-0.15, -0.1) is 0 Å². The van der Waals surface area contributed by atoms with Crippen molar-refractivity contribution in [3.63, 3.8) is 0 Å². The standard InChI is InChI=1S/C14H27NO4Si/c1-7-18-13(17)10-15-9-11(8-12(15)16)19-20(5,6)14(2,3)4/h11H,7-10H2,1-6H3. The van der Waals surface area contributed by atoms with Crippen LogP contribution in [0.2, 0.25) is 18.1 Å². The van der Waals surface area contributed by atoms with Crippen molar-refractivity contribution in [3.8, 4) is 0 Å². The van der Waals surface area contributed by atoms with Crippen molar-refractivity contribution < 1.29 is 18.8 Å². The van der Waals surface area contributed by atoms with E-state index < -0.39 is 8.32 Å². The van der Waals surface area contributed by atoms with Gasteiger partial charge in [-0.2, -0.15) is 0 Å². The number of amides is 1. The summed E-state index contributed by atoms with van der Waals surface area (Å²) in [5.74, 6) is -0.379. The second kappa shape index (κ2) is 6.26. The van der Waals surface area contributed by atoms with Crippen LogP contribution in [-0.4, -0.2) is 50.9 Å². The van der Waals surface area contributed by atoms with Crippen molar-refractivity contribution in [2.45, 2.75) is 58.4 Å². The minimum atomic E-state index is -1.88. The molecule has 0 spiro atoms. The predicted molar refractivity (Wildman–Crippen MR) is 79.9 cm³/mol. The lowest BCUT2D eigenvalue weighted by Gasteiger charge is -2.38. The Bertz CT molecular complexity index is 376. The van der Waals surface area contributed by atoms with Gasteiger partial charge in [-0.1, -0.05) is 20.8 Å². The highest BCUT2D eigenvalue weighted by molar-refractivity contribution is 6.74. The van der Waals surface area contributed by atoms with Crippen molar-refractivity contribution in [2.24, 2.45) is 0 Å². The fourth-order valence-electron chi connectivity index (χ4n) is 1.92. The number of hydrogen-bond acceptors (Lipinski definition) is 4. The Hall–Kier alpha value is -0.883. The summed E-state index contributed by atoms with van der Waals surface area (Å²) in [6.07, 6.45) is 0.268. The maximum absolute atomic E-state index is 11.9. The van der Waals surface area contributed by atoms with E-state index in [-0.39, 0.29) is 29.6 Å². The molecule has 1 fully saturated rings. The molecule has 1 heterocycles. The summed E-state index contributed by atoms with van der Waals surface area (Å²) >= 11 is 0. The van der Waals surface area contributed by atoms with Gasteiger partial charge in [-0.25, -0.2) is 0 Å². The minimum absolute atomic E-state index is 0.0261. The Balaban J connectivity index is 2.57. The van der Waals surface area contributed by atoms with E-state index in [0.717, 1.165) is 0 Å². The highest BCUT2D eigenvalue weighted by Gasteiger charge is 2.42. The molecule has 0 aliphatic carbocycles. The zero-order chi connectivity index (χ0) is 15.6. The number of ether oxygens (including phenoxy) is 1. The lowest BCUT2D eigenvalue weighted by atomic mass is 10.2. The van der Waals surface area contributed by atoms with Crippen LogP contribution >= 0.6 is 0 Å². The topological polar surface area (TPSA) is 55.8 Å². The molecule has 0 aromatic heterocycles. The summed E-state index contributed by atoms with van der Waals surface area (Å²) in [4.78, 5) is 24.9. The van der Waals surface area contributed by atoms with Crippen LogP contribution in [-0.2, 0) is 18.8 Å². The van der Waals surface area contributed by atoms with Crippen molar-refractivity contribution in [2.75, 3.05) is 19.7 Å². The van der Waals surface area contributed by atoms with E-state index in [9.17, 15) is 9.59 Å². The molecular formula is C14H27NO4Si. The van der Waals surface area contributed by atoms with Gasteiger partial charge in [0.25, 0.3) is 0 Å². The number of rotatable bonds is 5. The number of carbonyl (C=O) groups is 2. The highest BCUT2D eigenvalue weighted by Crippen LogP contribution is 2.38. The summed E-state index contributed by atoms with van der Waals surface area (Å²) in [7, 11) is -1.88. The first-order valence-electron chi connectivity index (χ1n) is 7.18. The minimum Gasteiger partial charge on any atom is -0.465 e. The first kappa shape index (κ1) is 17.2. The fourth-order valence-corrected chi connectivity index (χ4v) is 3.27. The molecule has 1 rings (SSSR count). The Kier molecular flexibility index (Phi) is 5.37. The van der Waals surface area contributed by atoms with E-state index >= 15 is 0 Å². The van der Waals surface area contributed by atoms with Gasteiger partial charge in [-0.05, 0) is 25.1 Å². The van der Waals surface area contributed by atoms with Gasteiger partial charge in [0, 0.05) is 6.54 Å². The SMILES string of the molecule is CCOC(=O)CN1CC(O[Si](C)(C)C(C)(C)C)CC1=O. The average Bonchev–Trinajstić information content (AvgIpc) is 2.56. The average molecular weight is 301 g/mol. The van der Waals surface area contributed by atoms with E-state index in [1.165, 1.54) is 4.90 Å². The van der Waals surface area contributed by atoms with Gasteiger partial charge >= 0.3 is 5.97 Å². The first-order valence-corrected chi connectivity index (χ1v) is 10.1. The molecule has 0 aromatic carbocycles. The van der Waals surface area contributed by atoms with Crippen LogP contribution in [0.5, 0.6) is 0 Å². The largest absolute Gasteiger partial charge is 0.465 e. The van der Waals surface area contributed by atoms with Crippen LogP contribution < -0.4 is 0 Å². The van der Waals surface area contributed by atoms with Crippen molar-refractivity contribution in [1.29, 1.82) is 0 Å². The van der Waals surface area contributed by atoms with Crippen LogP contribution in [0, 0.1) is 0 Å². The van der Waals surface area contributed by atoms with Crippen LogP contribution in [0.1, 0.15) is 34.1 Å². The zero-order valence-corrected chi connectivity index (χ0v) is 14.5. The van der Waals surface area contributed by atoms with E-state index in [4.69, 9.17) is 9.16 Å². The maximum atomic E-state index is 11.9. The summed E-state index contributed by atoms with van der Waals surface area (Å²) in [6, 6.07) is 0. The molecule has 0 N–H and O–H groups in total. The van der Waals surface area contributed by atoms with E-state index in [1.54, 1.807) is 6.92 Å². The molecule has 1 amide bonds. The second-order valence-corrected chi connectivity index (χ2v) is 11.5. The van der Waals surface area contributed by atoms with Gasteiger partial charge in [0.2, 0.25) is 5.91 Å². The maximum Gasteiger partial charge on any atom is 0.325 e. The summed E-state index contributed by atoms with van der Waals surface area (Å²) in [5.41, 5.74) is 0. The molecule has 6 heteroatoms. The molecule has 20 heavy (non-hydrogen) atoms. The molecule has 5 nitrogen and oxygen atoms in total. The fraction of sp³-hybridized carbons (Fsp3) is 0.857. The molecule has 1 aliphatic rings. The Morgan fingerprint density at radius 1 is 1.40 bits per heavy atom. The van der Waals surface area contributed by atoms with Crippen LogP contribution in [0.3, 0.4) is 0 Å². The number of carbonyl (C=O) groups excluding carboxylic acids is 2. The Morgan fingerprint density at radius 2 is 2.00 bits per heavy atom. The van der Waals surface area contributed by atoms with E-state index in [0.29, 0.717) is 19.6 Å². The lowest BCUT2D eigenvalue weighted by Crippen LogP contribution is -2.44. The third kappa shape index (κ3) is 4.31.